The number of nitrogens with one attached hydrogen (secondary N) is 1. The second kappa shape index (κ2) is 9.40. The number of aromatic amines is 1. The average Bonchev–Trinajstić information content (AvgIpc) is 3.05. The topological polar surface area (TPSA) is 95.0 Å². The molecule has 1 aliphatic rings. The molecule has 0 aliphatic carbocycles. The number of benzene rings is 2. The van der Waals surface area contributed by atoms with Crippen molar-refractivity contribution in [1.29, 1.82) is 0 Å². The monoisotopic (exact) mass is 504 g/mol. The molecule has 1 aliphatic heterocycles. The highest BCUT2D eigenvalue weighted by Gasteiger charge is 2.25. The largest absolute Gasteiger partial charge is 0.471 e. The molecule has 11 heteroatoms. The fourth-order valence-electron chi connectivity index (χ4n) is 3.81. The van der Waals surface area contributed by atoms with E-state index in [9.17, 15) is 4.57 Å². The first-order valence-electron chi connectivity index (χ1n) is 9.47. The summed E-state index contributed by atoms with van der Waals surface area (Å²) in [6.45, 7) is 1.37. The van der Waals surface area contributed by atoms with Gasteiger partial charge >= 0.3 is 7.82 Å². The van der Waals surface area contributed by atoms with E-state index in [0.29, 0.717) is 28.2 Å². The number of halogens is 3. The van der Waals surface area contributed by atoms with Gasteiger partial charge in [0.1, 0.15) is 0 Å². The zero-order chi connectivity index (χ0) is 22.2. The molecule has 3 N–H and O–H groups in total. The number of nitrogens with zero attached hydrogens (tertiary/aromatic N) is 1. The highest BCUT2D eigenvalue weighted by atomic mass is 35.5. The summed E-state index contributed by atoms with van der Waals surface area (Å²) in [6, 6.07) is 10.9. The summed E-state index contributed by atoms with van der Waals surface area (Å²) in [4.78, 5) is 23.6. The maximum absolute atomic E-state index is 11.0. The van der Waals surface area contributed by atoms with Crippen LogP contribution in [-0.2, 0) is 26.8 Å². The Morgan fingerprint density at radius 1 is 1.13 bits per heavy atom. The number of fused-ring (bicyclic) bond motifs is 3. The number of hydrogen-bond acceptors (Lipinski definition) is 4. The molecule has 0 saturated carbocycles. The van der Waals surface area contributed by atoms with Crippen molar-refractivity contribution in [2.45, 2.75) is 19.1 Å². The van der Waals surface area contributed by atoms with Gasteiger partial charge < -0.3 is 19.5 Å². The SMILES string of the molecule is O=P(O)(O)OCOC(CN1CCc2c([nH]c3ccc(Cl)cc23)C1)c1ccc(Cl)c(Cl)c1. The van der Waals surface area contributed by atoms with E-state index in [2.05, 4.69) is 14.4 Å². The molecule has 2 aromatic carbocycles. The highest BCUT2D eigenvalue weighted by Crippen LogP contribution is 2.37. The van der Waals surface area contributed by atoms with Crippen molar-refractivity contribution in [1.82, 2.24) is 9.88 Å². The zero-order valence-corrected chi connectivity index (χ0v) is 19.4. The van der Waals surface area contributed by atoms with Gasteiger partial charge in [0.05, 0.1) is 16.1 Å². The Balaban J connectivity index is 1.53. The molecule has 0 bridgehead atoms. The molecular formula is C20H20Cl3N2O5P. The minimum Gasteiger partial charge on any atom is -0.357 e. The molecule has 4 rings (SSSR count). The smallest absolute Gasteiger partial charge is 0.357 e. The molecule has 3 aromatic rings. The summed E-state index contributed by atoms with van der Waals surface area (Å²) >= 11 is 18.3. The predicted molar refractivity (Wildman–Crippen MR) is 121 cm³/mol. The molecule has 1 atom stereocenters. The maximum Gasteiger partial charge on any atom is 0.471 e. The van der Waals surface area contributed by atoms with Gasteiger partial charge in [-0.25, -0.2) is 4.57 Å². The molecule has 7 nitrogen and oxygen atoms in total. The Hall–Kier alpha value is -1.12. The Kier molecular flexibility index (Phi) is 6.99. The van der Waals surface area contributed by atoms with Gasteiger partial charge in [0, 0.05) is 41.3 Å². The van der Waals surface area contributed by atoms with Crippen LogP contribution in [-0.4, -0.2) is 39.6 Å². The minimum atomic E-state index is -4.64. The Morgan fingerprint density at radius 2 is 1.94 bits per heavy atom. The Morgan fingerprint density at radius 3 is 2.68 bits per heavy atom. The summed E-state index contributed by atoms with van der Waals surface area (Å²) < 4.78 is 21.2. The first-order chi connectivity index (χ1) is 14.7. The van der Waals surface area contributed by atoms with E-state index in [4.69, 9.17) is 49.3 Å². The molecular weight excluding hydrogens is 486 g/mol. The second-order valence-electron chi connectivity index (χ2n) is 7.32. The standard InChI is InChI=1S/C20H20Cl3N2O5P/c21-13-2-4-18-15(8-13)14-5-6-25(9-19(14)24-18)10-20(29-11-30-31(26,27)28)12-1-3-16(22)17(23)7-12/h1-4,7-8,20,24H,5-6,9-11H2,(H2,26,27,28). The Labute approximate surface area is 194 Å². The minimum absolute atomic E-state index is 0.372. The summed E-state index contributed by atoms with van der Waals surface area (Å²) in [5.41, 5.74) is 4.15. The van der Waals surface area contributed by atoms with Crippen LogP contribution in [0.1, 0.15) is 22.9 Å². The van der Waals surface area contributed by atoms with Crippen molar-refractivity contribution in [2.75, 3.05) is 19.9 Å². The van der Waals surface area contributed by atoms with Crippen LogP contribution in [0, 0.1) is 0 Å². The van der Waals surface area contributed by atoms with E-state index >= 15 is 0 Å². The van der Waals surface area contributed by atoms with Crippen LogP contribution in [0.25, 0.3) is 10.9 Å². The van der Waals surface area contributed by atoms with E-state index in [1.165, 1.54) is 5.56 Å². The maximum atomic E-state index is 11.0. The molecule has 0 fully saturated rings. The van der Waals surface area contributed by atoms with Gasteiger partial charge in [-0.3, -0.25) is 9.42 Å². The molecule has 166 valence electrons. The third kappa shape index (κ3) is 5.63. The summed E-state index contributed by atoms with van der Waals surface area (Å²) in [7, 11) is -4.64. The number of H-pyrrole nitrogens is 1. The van der Waals surface area contributed by atoms with E-state index in [1.54, 1.807) is 18.2 Å². The van der Waals surface area contributed by atoms with E-state index in [0.717, 1.165) is 35.1 Å². The van der Waals surface area contributed by atoms with Crippen LogP contribution in [0.15, 0.2) is 36.4 Å². The lowest BCUT2D eigenvalue weighted by atomic mass is 10.0. The van der Waals surface area contributed by atoms with Crippen LogP contribution >= 0.6 is 42.6 Å². The molecule has 0 spiro atoms. The quantitative estimate of drug-likeness (QED) is 0.297. The first-order valence-corrected chi connectivity index (χ1v) is 12.1. The number of phosphoric acid groups is 1. The van der Waals surface area contributed by atoms with Crippen molar-refractivity contribution < 1.29 is 23.6 Å². The van der Waals surface area contributed by atoms with Crippen molar-refractivity contribution in [3.8, 4) is 0 Å². The lowest BCUT2D eigenvalue weighted by molar-refractivity contribution is -0.0612. The van der Waals surface area contributed by atoms with Crippen molar-refractivity contribution in [2.24, 2.45) is 0 Å². The third-order valence-electron chi connectivity index (χ3n) is 5.25. The van der Waals surface area contributed by atoms with E-state index in [-0.39, 0.29) is 0 Å². The molecule has 31 heavy (non-hydrogen) atoms. The van der Waals surface area contributed by atoms with E-state index in [1.807, 2.05) is 18.2 Å². The van der Waals surface area contributed by atoms with Crippen LogP contribution in [0.4, 0.5) is 0 Å². The molecule has 2 heterocycles. The predicted octanol–water partition coefficient (Wildman–Crippen LogP) is 5.31. The normalized spacial score (nSPS) is 15.9. The van der Waals surface area contributed by atoms with E-state index < -0.39 is 20.7 Å². The lowest BCUT2D eigenvalue weighted by Gasteiger charge is -2.31. The van der Waals surface area contributed by atoms with Gasteiger partial charge in [0.15, 0.2) is 6.79 Å². The first kappa shape index (κ1) is 23.1. The second-order valence-corrected chi connectivity index (χ2v) is 9.81. The van der Waals surface area contributed by atoms with Crippen molar-refractivity contribution >= 4 is 53.5 Å². The van der Waals surface area contributed by atoms with Crippen LogP contribution in [0.2, 0.25) is 15.1 Å². The van der Waals surface area contributed by atoms with Crippen molar-refractivity contribution in [3.63, 3.8) is 0 Å². The van der Waals surface area contributed by atoms with Crippen molar-refractivity contribution in [3.05, 3.63) is 68.3 Å². The summed E-state index contributed by atoms with van der Waals surface area (Å²) in [5, 5.41) is 2.62. The number of phosphoric ester groups is 1. The fourth-order valence-corrected chi connectivity index (χ4v) is 4.48. The highest BCUT2D eigenvalue weighted by molar-refractivity contribution is 7.46. The summed E-state index contributed by atoms with van der Waals surface area (Å²) in [5.74, 6) is 0. The zero-order valence-electron chi connectivity index (χ0n) is 16.2. The van der Waals surface area contributed by atoms with Gasteiger partial charge in [-0.05, 0) is 47.9 Å². The molecule has 0 saturated heterocycles. The number of aromatic nitrogens is 1. The average molecular weight is 506 g/mol. The van der Waals surface area contributed by atoms with Gasteiger partial charge in [-0.1, -0.05) is 40.9 Å². The van der Waals surface area contributed by atoms with Gasteiger partial charge in [0.2, 0.25) is 0 Å². The van der Waals surface area contributed by atoms with Gasteiger partial charge in [0.25, 0.3) is 0 Å². The number of ether oxygens (including phenoxy) is 1. The molecule has 0 radical (unpaired) electrons. The van der Waals surface area contributed by atoms with Crippen LogP contribution in [0.3, 0.4) is 0 Å². The number of rotatable bonds is 7. The Bertz CT molecular complexity index is 1150. The lowest BCUT2D eigenvalue weighted by Crippen LogP contribution is -2.34. The molecule has 1 unspecified atom stereocenters. The van der Waals surface area contributed by atoms with Gasteiger partial charge in [-0.15, -0.1) is 0 Å². The fraction of sp³-hybridized carbons (Fsp3) is 0.300. The van der Waals surface area contributed by atoms with Gasteiger partial charge in [-0.2, -0.15) is 0 Å². The summed E-state index contributed by atoms with van der Waals surface area (Å²) in [6.07, 6.45) is 0.310. The number of hydrogen-bond donors (Lipinski definition) is 3. The van der Waals surface area contributed by atoms with Crippen LogP contribution < -0.4 is 0 Å². The molecule has 0 amide bonds. The molecule has 1 aromatic heterocycles. The van der Waals surface area contributed by atoms with Crippen LogP contribution in [0.5, 0.6) is 0 Å². The third-order valence-corrected chi connectivity index (χ3v) is 6.66.